The normalized spacial score (nSPS) is 14.8. The maximum Gasteiger partial charge on any atom is 0.317 e. The van der Waals surface area contributed by atoms with Crippen molar-refractivity contribution in [3.8, 4) is 0 Å². The summed E-state index contributed by atoms with van der Waals surface area (Å²) < 4.78 is 27.2. The van der Waals surface area contributed by atoms with Crippen molar-refractivity contribution in [2.45, 2.75) is 12.5 Å². The monoisotopic (exact) mass is 359 g/mol. The van der Waals surface area contributed by atoms with E-state index < -0.39 is 11.7 Å². The molecule has 0 saturated carbocycles. The molecule has 0 spiro atoms. The van der Waals surface area contributed by atoms with Gasteiger partial charge >= 0.3 is 6.03 Å². The molecule has 5 nitrogen and oxygen atoms in total. The minimum absolute atomic E-state index is 0.0529. The van der Waals surface area contributed by atoms with E-state index in [9.17, 15) is 18.4 Å². The summed E-state index contributed by atoms with van der Waals surface area (Å²) in [5, 5.41) is 5.39. The van der Waals surface area contributed by atoms with Gasteiger partial charge in [0.15, 0.2) is 0 Å². The predicted octanol–water partition coefficient (Wildman–Crippen LogP) is 2.33. The lowest BCUT2D eigenvalue weighted by molar-refractivity contribution is 0.0936. The third-order valence-corrected chi connectivity index (χ3v) is 4.31. The van der Waals surface area contributed by atoms with Gasteiger partial charge in [-0.05, 0) is 36.2 Å². The van der Waals surface area contributed by atoms with Gasteiger partial charge in [0, 0.05) is 19.6 Å². The zero-order chi connectivity index (χ0) is 18.5. The van der Waals surface area contributed by atoms with Crippen LogP contribution in [0.4, 0.5) is 13.6 Å². The summed E-state index contributed by atoms with van der Waals surface area (Å²) in [7, 11) is 0. The topological polar surface area (TPSA) is 61.4 Å². The molecule has 136 valence electrons. The Morgan fingerprint density at radius 3 is 2.69 bits per heavy atom. The molecule has 3 rings (SSSR count). The quantitative estimate of drug-likeness (QED) is 0.832. The molecule has 0 aromatic heterocycles. The van der Waals surface area contributed by atoms with Gasteiger partial charge in [0.2, 0.25) is 0 Å². The summed E-state index contributed by atoms with van der Waals surface area (Å²) >= 11 is 0. The number of halogens is 2. The molecular weight excluding hydrogens is 340 g/mol. The second-order valence-corrected chi connectivity index (χ2v) is 6.10. The molecule has 3 amide bonds. The lowest BCUT2D eigenvalue weighted by Crippen LogP contribution is -2.46. The molecule has 0 aliphatic carbocycles. The van der Waals surface area contributed by atoms with E-state index in [-0.39, 0.29) is 30.0 Å². The van der Waals surface area contributed by atoms with Gasteiger partial charge in [-0.2, -0.15) is 0 Å². The van der Waals surface area contributed by atoms with Gasteiger partial charge in [0.1, 0.15) is 11.6 Å². The van der Waals surface area contributed by atoms with Crippen molar-refractivity contribution in [2.75, 3.05) is 19.6 Å². The second kappa shape index (κ2) is 7.95. The molecule has 1 saturated heterocycles. The molecule has 0 unspecified atom stereocenters. The molecule has 1 atom stereocenters. The van der Waals surface area contributed by atoms with Crippen LogP contribution >= 0.6 is 0 Å². The van der Waals surface area contributed by atoms with Crippen molar-refractivity contribution in [1.29, 1.82) is 0 Å². The molecule has 0 radical (unpaired) electrons. The Hall–Kier alpha value is -2.96. The van der Waals surface area contributed by atoms with Gasteiger partial charge in [-0.3, -0.25) is 4.79 Å². The van der Waals surface area contributed by atoms with E-state index in [4.69, 9.17) is 0 Å². The Morgan fingerprint density at radius 2 is 2.00 bits per heavy atom. The van der Waals surface area contributed by atoms with Crippen LogP contribution in [0, 0.1) is 11.6 Å². The first-order chi connectivity index (χ1) is 12.5. The Kier molecular flexibility index (Phi) is 5.46. The molecule has 0 bridgehead atoms. The van der Waals surface area contributed by atoms with Crippen molar-refractivity contribution in [2.24, 2.45) is 0 Å². The molecule has 2 aromatic rings. The third kappa shape index (κ3) is 4.17. The van der Waals surface area contributed by atoms with Crippen LogP contribution in [0.1, 0.15) is 15.9 Å². The van der Waals surface area contributed by atoms with Gasteiger partial charge in [-0.1, -0.05) is 24.3 Å². The maximum atomic E-state index is 13.7. The largest absolute Gasteiger partial charge is 0.350 e. The highest BCUT2D eigenvalue weighted by atomic mass is 19.1. The molecule has 1 fully saturated rings. The summed E-state index contributed by atoms with van der Waals surface area (Å²) in [6.45, 7) is 1.14. The van der Waals surface area contributed by atoms with Crippen molar-refractivity contribution in [3.63, 3.8) is 0 Å². The Balaban J connectivity index is 1.72. The van der Waals surface area contributed by atoms with Crippen molar-refractivity contribution < 1.29 is 18.4 Å². The highest BCUT2D eigenvalue weighted by Crippen LogP contribution is 2.13. The van der Waals surface area contributed by atoms with Crippen LogP contribution in [0.5, 0.6) is 0 Å². The first-order valence-corrected chi connectivity index (χ1v) is 8.36. The number of carbonyl (C=O) groups is 2. The second-order valence-electron chi connectivity index (χ2n) is 6.10. The highest BCUT2D eigenvalue weighted by molar-refractivity contribution is 5.94. The average Bonchev–Trinajstić information content (AvgIpc) is 3.04. The fraction of sp³-hybridized carbons (Fsp3) is 0.263. The number of hydrogen-bond donors (Lipinski definition) is 2. The van der Waals surface area contributed by atoms with Crippen molar-refractivity contribution in [1.82, 2.24) is 15.5 Å². The standard InChI is InChI=1S/C19H19F2N3O2/c20-14-5-3-4-13(10-14)11-15(24-9-8-22-19(24)26)12-23-18(25)16-6-1-2-7-17(16)21/h1-7,10,15H,8-9,11-12H2,(H,22,26)(H,23,25)/t15-/m0/s1. The minimum Gasteiger partial charge on any atom is -0.350 e. The average molecular weight is 359 g/mol. The summed E-state index contributed by atoms with van der Waals surface area (Å²) in [4.78, 5) is 25.9. The van der Waals surface area contributed by atoms with Gasteiger partial charge in [0.05, 0.1) is 11.6 Å². The van der Waals surface area contributed by atoms with E-state index in [0.29, 0.717) is 19.5 Å². The Labute approximate surface area is 150 Å². The smallest absolute Gasteiger partial charge is 0.317 e. The van der Waals surface area contributed by atoms with Crippen LogP contribution in [0.2, 0.25) is 0 Å². The summed E-state index contributed by atoms with van der Waals surface area (Å²) in [5.41, 5.74) is 0.665. The number of rotatable bonds is 6. The zero-order valence-corrected chi connectivity index (χ0v) is 14.0. The van der Waals surface area contributed by atoms with Crippen LogP contribution in [0.15, 0.2) is 48.5 Å². The van der Waals surface area contributed by atoms with Crippen LogP contribution in [-0.2, 0) is 6.42 Å². The zero-order valence-electron chi connectivity index (χ0n) is 14.0. The minimum atomic E-state index is -0.606. The van der Waals surface area contributed by atoms with E-state index >= 15 is 0 Å². The molecule has 1 aliphatic heterocycles. The van der Waals surface area contributed by atoms with Gasteiger partial charge < -0.3 is 15.5 Å². The molecule has 26 heavy (non-hydrogen) atoms. The first kappa shape index (κ1) is 17.8. The van der Waals surface area contributed by atoms with Crippen molar-refractivity contribution in [3.05, 3.63) is 71.3 Å². The summed E-state index contributed by atoms with van der Waals surface area (Å²) in [6.07, 6.45) is 0.378. The van der Waals surface area contributed by atoms with Crippen LogP contribution in [0.3, 0.4) is 0 Å². The van der Waals surface area contributed by atoms with Crippen molar-refractivity contribution >= 4 is 11.9 Å². The fourth-order valence-corrected chi connectivity index (χ4v) is 3.01. The van der Waals surface area contributed by atoms with Crippen LogP contribution < -0.4 is 10.6 Å². The molecule has 7 heteroatoms. The number of carbonyl (C=O) groups excluding carboxylic acids is 2. The highest BCUT2D eigenvalue weighted by Gasteiger charge is 2.28. The first-order valence-electron chi connectivity index (χ1n) is 8.36. The summed E-state index contributed by atoms with van der Waals surface area (Å²) in [6, 6.07) is 11.2. The molecule has 2 aromatic carbocycles. The maximum absolute atomic E-state index is 13.7. The van der Waals surface area contributed by atoms with E-state index in [1.807, 2.05) is 0 Å². The molecule has 2 N–H and O–H groups in total. The SMILES string of the molecule is O=C(NC[C@H](Cc1cccc(F)c1)N1CCNC1=O)c1ccccc1F. The lowest BCUT2D eigenvalue weighted by atomic mass is 10.0. The van der Waals surface area contributed by atoms with Crippen LogP contribution in [0.25, 0.3) is 0 Å². The van der Waals surface area contributed by atoms with Gasteiger partial charge in [-0.25, -0.2) is 13.6 Å². The lowest BCUT2D eigenvalue weighted by Gasteiger charge is -2.27. The van der Waals surface area contributed by atoms with Gasteiger partial charge in [-0.15, -0.1) is 0 Å². The van der Waals surface area contributed by atoms with E-state index in [1.54, 1.807) is 23.1 Å². The number of amides is 3. The number of nitrogens with one attached hydrogen (secondary N) is 2. The van der Waals surface area contributed by atoms with E-state index in [2.05, 4.69) is 10.6 Å². The van der Waals surface area contributed by atoms with E-state index in [1.165, 1.54) is 30.3 Å². The fourth-order valence-electron chi connectivity index (χ4n) is 3.01. The summed E-state index contributed by atoms with van der Waals surface area (Å²) in [5.74, 6) is -1.51. The number of hydrogen-bond acceptors (Lipinski definition) is 2. The Bertz CT molecular complexity index is 813. The molecular formula is C19H19F2N3O2. The molecule has 1 heterocycles. The number of benzene rings is 2. The van der Waals surface area contributed by atoms with Crippen LogP contribution in [-0.4, -0.2) is 42.5 Å². The predicted molar refractivity (Wildman–Crippen MR) is 92.7 cm³/mol. The Morgan fingerprint density at radius 1 is 1.19 bits per heavy atom. The molecule has 1 aliphatic rings. The van der Waals surface area contributed by atoms with Gasteiger partial charge in [0.25, 0.3) is 5.91 Å². The third-order valence-electron chi connectivity index (χ3n) is 4.31. The number of urea groups is 1. The number of nitrogens with zero attached hydrogens (tertiary/aromatic N) is 1. The van der Waals surface area contributed by atoms with E-state index in [0.717, 1.165) is 5.56 Å².